The van der Waals surface area contributed by atoms with Crippen LogP contribution in [0.25, 0.3) is 11.8 Å². The number of hydrogen-bond donors (Lipinski definition) is 1. The van der Waals surface area contributed by atoms with Gasteiger partial charge >= 0.3 is 5.97 Å². The molecule has 3 fully saturated rings. The average Bonchev–Trinajstić information content (AvgIpc) is 3.43. The van der Waals surface area contributed by atoms with E-state index in [4.69, 9.17) is 4.74 Å². The molecule has 4 aliphatic carbocycles. The summed E-state index contributed by atoms with van der Waals surface area (Å²) in [6, 6.07) is 6.38. The summed E-state index contributed by atoms with van der Waals surface area (Å²) < 4.78 is 21.4. The van der Waals surface area contributed by atoms with Gasteiger partial charge in [0.15, 0.2) is 5.60 Å². The quantitative estimate of drug-likeness (QED) is 0.339. The molecule has 0 unspecified atom stereocenters. The Bertz CT molecular complexity index is 1380. The maximum atomic E-state index is 13.7. The lowest BCUT2D eigenvalue weighted by molar-refractivity contribution is -0.195. The number of allylic oxidation sites excluding steroid dienone is 1. The van der Waals surface area contributed by atoms with E-state index < -0.39 is 23.1 Å². The van der Waals surface area contributed by atoms with Crippen LogP contribution in [0.1, 0.15) is 64.1 Å². The number of carbonyl (C=O) groups excluding carboxylic acids is 2. The number of aliphatic hydroxyl groups excluding tert-OH is 1. The molecule has 1 aromatic heterocycles. The molecule has 2 aromatic rings. The summed E-state index contributed by atoms with van der Waals surface area (Å²) in [4.78, 5) is 26.1. The number of ether oxygens (including phenoxy) is 1. The summed E-state index contributed by atoms with van der Waals surface area (Å²) in [5.41, 5.74) is 2.23. The van der Waals surface area contributed by atoms with E-state index in [1.807, 2.05) is 17.1 Å². The summed E-state index contributed by atoms with van der Waals surface area (Å²) in [7, 11) is 0. The zero-order valence-corrected chi connectivity index (χ0v) is 25.1. The van der Waals surface area contributed by atoms with Gasteiger partial charge in [-0.25, -0.2) is 9.07 Å². The van der Waals surface area contributed by atoms with Crippen LogP contribution in [-0.2, 0) is 20.7 Å². The fourth-order valence-electron chi connectivity index (χ4n) is 8.98. The number of rotatable bonds is 5. The maximum absolute atomic E-state index is 13.7. The number of aromatic nitrogens is 2. The first-order valence-electron chi connectivity index (χ1n) is 14.1. The first kappa shape index (κ1) is 28.0. The minimum atomic E-state index is -1.21. The fraction of sp³-hybridized carbons (Fsp3) is 0.581. The van der Waals surface area contributed by atoms with E-state index in [-0.39, 0.29) is 34.1 Å². The minimum absolute atomic E-state index is 0.0370. The lowest BCUT2D eigenvalue weighted by atomic mass is 9.45. The van der Waals surface area contributed by atoms with E-state index in [9.17, 15) is 19.1 Å². The van der Waals surface area contributed by atoms with Gasteiger partial charge in [0, 0.05) is 17.4 Å². The van der Waals surface area contributed by atoms with Crippen molar-refractivity contribution in [1.29, 1.82) is 0 Å². The highest BCUT2D eigenvalue weighted by Crippen LogP contribution is 2.68. The molecule has 0 radical (unpaired) electrons. The molecule has 0 aliphatic heterocycles. The standard InChI is InChI=1S/C31H37FN2O4S2/c1-18(35)38-31(28(37)40-17-39-4)12-11-24-23-10-5-20-13-25-19(16-33-34(25)22-8-6-21(32)7-9-22)14-29(20,2)27(23)26(36)15-30(24,31)3/h6-9,13,16,23-24,26-27,36H,5,10-12,14-15,17H2,1-4H3/t23-,24-,26-,27+,29-,30-,31-/m0/s1. The summed E-state index contributed by atoms with van der Waals surface area (Å²) in [6.45, 7) is 5.76. The Kier molecular flexibility index (Phi) is 7.02. The van der Waals surface area contributed by atoms with Gasteiger partial charge in [-0.1, -0.05) is 31.2 Å². The van der Waals surface area contributed by atoms with Crippen molar-refractivity contribution in [3.63, 3.8) is 0 Å². The number of hydrogen-bond acceptors (Lipinski definition) is 7. The Morgan fingerprint density at radius 3 is 2.67 bits per heavy atom. The van der Waals surface area contributed by atoms with Gasteiger partial charge in [0.2, 0.25) is 5.12 Å². The highest BCUT2D eigenvalue weighted by Gasteiger charge is 2.70. The van der Waals surface area contributed by atoms with Crippen molar-refractivity contribution in [3.8, 4) is 5.69 Å². The molecule has 6 rings (SSSR count). The number of nitrogens with zero attached hydrogens (tertiary/aromatic N) is 2. The predicted octanol–water partition coefficient (Wildman–Crippen LogP) is 6.05. The van der Waals surface area contributed by atoms with Crippen molar-refractivity contribution in [2.24, 2.45) is 28.6 Å². The highest BCUT2D eigenvalue weighted by atomic mass is 32.2. The number of benzene rings is 1. The second-order valence-corrected chi connectivity index (χ2v) is 14.7. The lowest BCUT2D eigenvalue weighted by Crippen LogP contribution is -2.62. The topological polar surface area (TPSA) is 81.4 Å². The second kappa shape index (κ2) is 10.0. The second-order valence-electron chi connectivity index (χ2n) is 12.5. The number of esters is 1. The molecule has 1 heterocycles. The molecule has 1 aromatic carbocycles. The number of carbonyl (C=O) groups is 2. The van der Waals surface area contributed by atoms with Crippen molar-refractivity contribution >= 4 is 40.7 Å². The zero-order chi connectivity index (χ0) is 28.4. The molecule has 0 saturated heterocycles. The number of halogens is 1. The third-order valence-corrected chi connectivity index (χ3v) is 12.6. The van der Waals surface area contributed by atoms with Crippen LogP contribution in [0.2, 0.25) is 0 Å². The van der Waals surface area contributed by atoms with E-state index in [1.54, 1.807) is 23.9 Å². The van der Waals surface area contributed by atoms with E-state index in [2.05, 4.69) is 25.0 Å². The predicted molar refractivity (Wildman–Crippen MR) is 156 cm³/mol. The largest absolute Gasteiger partial charge is 0.450 e. The molecule has 3 saturated carbocycles. The van der Waals surface area contributed by atoms with Crippen LogP contribution in [0, 0.1) is 34.4 Å². The summed E-state index contributed by atoms with van der Waals surface area (Å²) in [5, 5.41) is 17.1. The van der Waals surface area contributed by atoms with Gasteiger partial charge in [-0.2, -0.15) is 16.9 Å². The van der Waals surface area contributed by atoms with Gasteiger partial charge in [0.05, 0.1) is 23.7 Å². The molecule has 0 bridgehead atoms. The Balaban J connectivity index is 1.35. The molecule has 0 spiro atoms. The monoisotopic (exact) mass is 584 g/mol. The van der Waals surface area contributed by atoms with Crippen molar-refractivity contribution in [2.75, 3.05) is 11.3 Å². The molecule has 1 N–H and O–H groups in total. The van der Waals surface area contributed by atoms with E-state index in [1.165, 1.54) is 36.4 Å². The third kappa shape index (κ3) is 4.05. The molecule has 4 aliphatic rings. The van der Waals surface area contributed by atoms with Gasteiger partial charge < -0.3 is 9.84 Å². The summed E-state index contributed by atoms with van der Waals surface area (Å²) in [5.74, 6) is -0.270. The van der Waals surface area contributed by atoms with Crippen LogP contribution < -0.4 is 0 Å². The minimum Gasteiger partial charge on any atom is -0.450 e. The molecular weight excluding hydrogens is 547 g/mol. The van der Waals surface area contributed by atoms with E-state index >= 15 is 0 Å². The number of aliphatic hydroxyl groups is 1. The Hall–Kier alpha value is -2.10. The van der Waals surface area contributed by atoms with Crippen LogP contribution in [-0.4, -0.2) is 49.0 Å². The van der Waals surface area contributed by atoms with Crippen LogP contribution in [0.4, 0.5) is 4.39 Å². The van der Waals surface area contributed by atoms with E-state index in [0.717, 1.165) is 42.6 Å². The van der Waals surface area contributed by atoms with Crippen LogP contribution in [0.15, 0.2) is 36.0 Å². The lowest BCUT2D eigenvalue weighted by Gasteiger charge is -2.60. The first-order chi connectivity index (χ1) is 19.0. The Labute approximate surface area is 243 Å². The average molecular weight is 585 g/mol. The smallest absolute Gasteiger partial charge is 0.303 e. The molecule has 9 heteroatoms. The van der Waals surface area contributed by atoms with Gasteiger partial charge in [0.25, 0.3) is 0 Å². The third-order valence-electron chi connectivity index (χ3n) is 10.6. The molecule has 0 amide bonds. The number of fused-ring (bicyclic) bond motifs is 6. The fourth-order valence-corrected chi connectivity index (χ4v) is 10.5. The van der Waals surface area contributed by atoms with Gasteiger partial charge in [-0.3, -0.25) is 9.59 Å². The molecule has 214 valence electrons. The Morgan fingerprint density at radius 2 is 1.98 bits per heavy atom. The summed E-state index contributed by atoms with van der Waals surface area (Å²) >= 11 is 2.82. The molecule has 7 atom stereocenters. The van der Waals surface area contributed by atoms with Gasteiger partial charge in [-0.15, -0.1) is 0 Å². The first-order valence-corrected chi connectivity index (χ1v) is 16.5. The SMILES string of the molecule is CSCSC(=O)[C@@]1(OC(C)=O)CC[C@H]2[C@@H]3CCC4=Cc5c(cnn5-c5ccc(F)cc5)C[C@]4(C)[C@H]3[C@@H](O)C[C@@]21C. The van der Waals surface area contributed by atoms with Crippen LogP contribution in [0.5, 0.6) is 0 Å². The maximum Gasteiger partial charge on any atom is 0.303 e. The molecular formula is C31H37FN2O4S2. The number of thioether (sulfide) groups is 2. The van der Waals surface area contributed by atoms with Crippen molar-refractivity contribution in [2.45, 2.75) is 71.0 Å². The van der Waals surface area contributed by atoms with Crippen molar-refractivity contribution in [1.82, 2.24) is 9.78 Å². The van der Waals surface area contributed by atoms with Crippen LogP contribution in [0.3, 0.4) is 0 Å². The van der Waals surface area contributed by atoms with Gasteiger partial charge in [-0.05, 0) is 104 Å². The molecule has 40 heavy (non-hydrogen) atoms. The van der Waals surface area contributed by atoms with Crippen molar-refractivity contribution < 1.29 is 23.8 Å². The molecule has 6 nitrogen and oxygen atoms in total. The zero-order valence-electron chi connectivity index (χ0n) is 23.5. The van der Waals surface area contributed by atoms with Crippen molar-refractivity contribution in [3.05, 3.63) is 53.1 Å². The highest BCUT2D eigenvalue weighted by molar-refractivity contribution is 8.23. The van der Waals surface area contributed by atoms with E-state index in [0.29, 0.717) is 17.9 Å². The normalized spacial score (nSPS) is 36.1. The van der Waals surface area contributed by atoms with Gasteiger partial charge in [0.1, 0.15) is 5.82 Å². The Morgan fingerprint density at radius 1 is 1.23 bits per heavy atom. The van der Waals surface area contributed by atoms with Crippen LogP contribution >= 0.6 is 23.5 Å². The summed E-state index contributed by atoms with van der Waals surface area (Å²) in [6.07, 6.45) is 9.84.